The second kappa shape index (κ2) is 8.51. The van der Waals surface area contributed by atoms with Gasteiger partial charge in [-0.3, -0.25) is 9.59 Å². The molecule has 0 radical (unpaired) electrons. The van der Waals surface area contributed by atoms with E-state index in [1.807, 2.05) is 6.92 Å². The Bertz CT molecular complexity index is 280. The number of hydrogen-bond acceptors (Lipinski definition) is 5. The monoisotopic (exact) mass is 246 g/mol. The van der Waals surface area contributed by atoms with Crippen molar-refractivity contribution in [2.45, 2.75) is 25.8 Å². The fraction of sp³-hybridized carbons (Fsp3) is 0.700. The molecule has 1 atom stereocenters. The molecule has 1 amide bonds. The molecule has 0 aliphatic rings. The van der Waals surface area contributed by atoms with E-state index in [9.17, 15) is 14.4 Å². The van der Waals surface area contributed by atoms with E-state index < -0.39 is 23.9 Å². The van der Waals surface area contributed by atoms with Crippen molar-refractivity contribution < 1.29 is 24.2 Å². The Balaban J connectivity index is 4.10. The number of carbonyl (C=O) groups is 3. The summed E-state index contributed by atoms with van der Waals surface area (Å²) in [7, 11) is 1.22. The molecule has 98 valence electrons. The van der Waals surface area contributed by atoms with E-state index in [0.717, 1.165) is 0 Å². The number of nitrogens with one attached hydrogen (secondary N) is 2. The number of carbonyl (C=O) groups excluding carboxylic acids is 2. The largest absolute Gasteiger partial charge is 0.480 e. The van der Waals surface area contributed by atoms with E-state index in [-0.39, 0.29) is 19.4 Å². The van der Waals surface area contributed by atoms with Gasteiger partial charge in [0.25, 0.3) is 0 Å². The van der Waals surface area contributed by atoms with Crippen molar-refractivity contribution in [2.75, 3.05) is 20.2 Å². The average Bonchev–Trinajstić information content (AvgIpc) is 2.30. The molecule has 0 unspecified atom stereocenters. The van der Waals surface area contributed by atoms with Crippen molar-refractivity contribution >= 4 is 17.8 Å². The lowest BCUT2D eigenvalue weighted by atomic mass is 10.1. The van der Waals surface area contributed by atoms with Gasteiger partial charge in [-0.25, -0.2) is 4.79 Å². The average molecular weight is 246 g/mol. The smallest absolute Gasteiger partial charge is 0.326 e. The number of methoxy groups -OCH3 is 1. The van der Waals surface area contributed by atoms with Crippen LogP contribution in [-0.4, -0.2) is 49.2 Å². The molecule has 0 aromatic heterocycles. The highest BCUT2D eigenvalue weighted by molar-refractivity contribution is 5.85. The SMILES string of the molecule is CCNCC(=O)N[C@H](CCC(=O)OC)C(=O)O. The first-order valence-corrected chi connectivity index (χ1v) is 5.31. The number of rotatable bonds is 8. The van der Waals surface area contributed by atoms with Crippen LogP contribution in [-0.2, 0) is 19.1 Å². The molecule has 17 heavy (non-hydrogen) atoms. The zero-order chi connectivity index (χ0) is 13.3. The Hall–Kier alpha value is -1.63. The van der Waals surface area contributed by atoms with Gasteiger partial charge in [0, 0.05) is 6.42 Å². The number of hydrogen-bond donors (Lipinski definition) is 3. The van der Waals surface area contributed by atoms with E-state index in [1.165, 1.54) is 7.11 Å². The van der Waals surface area contributed by atoms with Crippen LogP contribution < -0.4 is 10.6 Å². The Morgan fingerprint density at radius 2 is 2.00 bits per heavy atom. The third-order valence-corrected chi connectivity index (χ3v) is 2.03. The highest BCUT2D eigenvalue weighted by Crippen LogP contribution is 1.99. The van der Waals surface area contributed by atoms with Gasteiger partial charge in [-0.15, -0.1) is 0 Å². The Morgan fingerprint density at radius 1 is 1.35 bits per heavy atom. The topological polar surface area (TPSA) is 105 Å². The summed E-state index contributed by atoms with van der Waals surface area (Å²) in [6.07, 6.45) is -0.0329. The molecular weight excluding hydrogens is 228 g/mol. The second-order valence-electron chi connectivity index (χ2n) is 3.35. The van der Waals surface area contributed by atoms with Gasteiger partial charge >= 0.3 is 11.9 Å². The van der Waals surface area contributed by atoms with Crippen molar-refractivity contribution in [1.29, 1.82) is 0 Å². The van der Waals surface area contributed by atoms with E-state index >= 15 is 0 Å². The molecule has 0 aromatic rings. The highest BCUT2D eigenvalue weighted by atomic mass is 16.5. The fourth-order valence-electron chi connectivity index (χ4n) is 1.11. The molecule has 0 bridgehead atoms. The fourth-order valence-corrected chi connectivity index (χ4v) is 1.11. The minimum atomic E-state index is -1.17. The summed E-state index contributed by atoms with van der Waals surface area (Å²) >= 11 is 0. The van der Waals surface area contributed by atoms with Crippen molar-refractivity contribution in [2.24, 2.45) is 0 Å². The van der Waals surface area contributed by atoms with Crippen LogP contribution in [0.2, 0.25) is 0 Å². The van der Waals surface area contributed by atoms with Gasteiger partial charge in [0.2, 0.25) is 5.91 Å². The van der Waals surface area contributed by atoms with Crippen LogP contribution >= 0.6 is 0 Å². The van der Waals surface area contributed by atoms with Crippen LogP contribution in [0.3, 0.4) is 0 Å². The molecule has 0 aromatic carbocycles. The normalized spacial score (nSPS) is 11.6. The summed E-state index contributed by atoms with van der Waals surface area (Å²) in [5.41, 5.74) is 0. The number of esters is 1. The first kappa shape index (κ1) is 15.4. The lowest BCUT2D eigenvalue weighted by Crippen LogP contribution is -2.44. The lowest BCUT2D eigenvalue weighted by molar-refractivity contribution is -0.144. The number of amides is 1. The maximum atomic E-state index is 11.3. The van der Waals surface area contributed by atoms with Crippen LogP contribution in [0.25, 0.3) is 0 Å². The number of ether oxygens (including phenoxy) is 1. The van der Waals surface area contributed by atoms with Gasteiger partial charge in [-0.05, 0) is 13.0 Å². The van der Waals surface area contributed by atoms with E-state index in [1.54, 1.807) is 0 Å². The van der Waals surface area contributed by atoms with Gasteiger partial charge in [-0.1, -0.05) is 6.92 Å². The molecule has 7 nitrogen and oxygen atoms in total. The van der Waals surface area contributed by atoms with Crippen molar-refractivity contribution in [3.63, 3.8) is 0 Å². The maximum absolute atomic E-state index is 11.3. The predicted molar refractivity (Wildman–Crippen MR) is 59.4 cm³/mol. The zero-order valence-electron chi connectivity index (χ0n) is 9.99. The van der Waals surface area contributed by atoms with Gasteiger partial charge in [0.1, 0.15) is 6.04 Å². The predicted octanol–water partition coefficient (Wildman–Crippen LogP) is -0.881. The minimum Gasteiger partial charge on any atom is -0.480 e. The van der Waals surface area contributed by atoms with Crippen LogP contribution in [0.5, 0.6) is 0 Å². The van der Waals surface area contributed by atoms with E-state index in [4.69, 9.17) is 5.11 Å². The van der Waals surface area contributed by atoms with Gasteiger partial charge in [0.15, 0.2) is 0 Å². The molecule has 0 aliphatic heterocycles. The molecule has 0 heterocycles. The van der Waals surface area contributed by atoms with Gasteiger partial charge < -0.3 is 20.5 Å². The summed E-state index contributed by atoms with van der Waals surface area (Å²) in [6.45, 7) is 2.50. The number of likely N-dealkylation sites (N-methyl/N-ethyl adjacent to an activating group) is 1. The minimum absolute atomic E-state index is 0.0138. The number of aliphatic carboxylic acids is 1. The maximum Gasteiger partial charge on any atom is 0.326 e. The number of carboxylic acids is 1. The van der Waals surface area contributed by atoms with Crippen LogP contribution in [0.15, 0.2) is 0 Å². The van der Waals surface area contributed by atoms with E-state index in [0.29, 0.717) is 6.54 Å². The Morgan fingerprint density at radius 3 is 2.47 bits per heavy atom. The molecule has 0 aliphatic carbocycles. The van der Waals surface area contributed by atoms with E-state index in [2.05, 4.69) is 15.4 Å². The second-order valence-corrected chi connectivity index (χ2v) is 3.35. The summed E-state index contributed by atoms with van der Waals surface area (Å²) < 4.78 is 4.39. The van der Waals surface area contributed by atoms with Gasteiger partial charge in [0.05, 0.1) is 13.7 Å². The molecule has 0 rings (SSSR count). The van der Waals surface area contributed by atoms with Crippen LogP contribution in [0.4, 0.5) is 0 Å². The molecule has 0 saturated carbocycles. The molecule has 3 N–H and O–H groups in total. The standard InChI is InChI=1S/C10H18N2O5/c1-3-11-6-8(13)12-7(10(15)16)4-5-9(14)17-2/h7,11H,3-6H2,1-2H3,(H,12,13)(H,15,16)/t7-/m1/s1. The summed E-state index contributed by atoms with van der Waals surface area (Å²) in [6, 6.07) is -1.07. The third kappa shape index (κ3) is 7.29. The van der Waals surface area contributed by atoms with Crippen molar-refractivity contribution in [3.05, 3.63) is 0 Å². The zero-order valence-corrected chi connectivity index (χ0v) is 9.99. The highest BCUT2D eigenvalue weighted by Gasteiger charge is 2.20. The molecular formula is C10H18N2O5. The first-order valence-electron chi connectivity index (χ1n) is 5.31. The lowest BCUT2D eigenvalue weighted by Gasteiger charge is -2.13. The molecule has 0 spiro atoms. The first-order chi connectivity index (χ1) is 8.01. The van der Waals surface area contributed by atoms with Crippen molar-refractivity contribution in [1.82, 2.24) is 10.6 Å². The number of carboxylic acid groups (broad SMARTS) is 1. The van der Waals surface area contributed by atoms with Crippen LogP contribution in [0, 0.1) is 0 Å². The molecule has 7 heteroatoms. The van der Waals surface area contributed by atoms with Gasteiger partial charge in [-0.2, -0.15) is 0 Å². The Labute approximate surface area is 99.5 Å². The van der Waals surface area contributed by atoms with Crippen LogP contribution in [0.1, 0.15) is 19.8 Å². The quantitative estimate of drug-likeness (QED) is 0.480. The van der Waals surface area contributed by atoms with Crippen molar-refractivity contribution in [3.8, 4) is 0 Å². The molecule has 0 saturated heterocycles. The molecule has 0 fully saturated rings. The Kier molecular flexibility index (Phi) is 7.70. The summed E-state index contributed by atoms with van der Waals surface area (Å²) in [4.78, 5) is 33.0. The summed E-state index contributed by atoms with van der Waals surface area (Å²) in [5, 5.41) is 13.9. The third-order valence-electron chi connectivity index (χ3n) is 2.03. The summed E-state index contributed by atoms with van der Waals surface area (Å²) in [5.74, 6) is -2.08.